The summed E-state index contributed by atoms with van der Waals surface area (Å²) in [5.74, 6) is -2.18. The summed E-state index contributed by atoms with van der Waals surface area (Å²) in [5.41, 5.74) is 19.4. The number of nitrogens with one attached hydrogen (secondary N) is 1. The van der Waals surface area contributed by atoms with Gasteiger partial charge >= 0.3 is 12.0 Å². The number of nitrogens with two attached hydrogens (primary N) is 4. The van der Waals surface area contributed by atoms with E-state index in [1.807, 2.05) is 0 Å². The molecular weight excluding hydrogens is 266 g/mol. The number of aliphatic carboxylic acids is 1. The lowest BCUT2D eigenvalue weighted by atomic mass is 9.85. The number of ketones is 1. The first-order chi connectivity index (χ1) is 9.25. The molecule has 0 heterocycles. The highest BCUT2D eigenvalue weighted by Crippen LogP contribution is 2.15. The summed E-state index contributed by atoms with van der Waals surface area (Å²) in [7, 11) is 0. The number of urea groups is 1. The molecule has 0 aliphatic rings. The number of rotatable bonds is 10. The second-order valence-corrected chi connectivity index (χ2v) is 4.57. The van der Waals surface area contributed by atoms with Crippen molar-refractivity contribution < 1.29 is 19.5 Å². The number of carboxylic acid groups (broad SMARTS) is 1. The van der Waals surface area contributed by atoms with E-state index in [2.05, 4.69) is 5.32 Å². The summed E-state index contributed by atoms with van der Waals surface area (Å²) in [5, 5.41) is 11.4. The number of carbonyl (C=O) groups excluding carboxylic acids is 2. The van der Waals surface area contributed by atoms with Crippen molar-refractivity contribution in [3.05, 3.63) is 0 Å². The molecular formula is C11H23N5O4. The Morgan fingerprint density at radius 1 is 1.25 bits per heavy atom. The van der Waals surface area contributed by atoms with Gasteiger partial charge in [-0.05, 0) is 32.2 Å². The van der Waals surface area contributed by atoms with Gasteiger partial charge in [-0.2, -0.15) is 0 Å². The lowest BCUT2D eigenvalue weighted by Crippen LogP contribution is -2.60. The molecule has 2 atom stereocenters. The molecule has 0 radical (unpaired) electrons. The van der Waals surface area contributed by atoms with Crippen molar-refractivity contribution >= 4 is 17.8 Å². The Balaban J connectivity index is 4.61. The van der Waals surface area contributed by atoms with Gasteiger partial charge in [0, 0.05) is 6.54 Å². The molecule has 0 fully saturated rings. The molecule has 0 saturated heterocycles. The van der Waals surface area contributed by atoms with Gasteiger partial charge < -0.3 is 33.4 Å². The Labute approximate surface area is 117 Å². The summed E-state index contributed by atoms with van der Waals surface area (Å²) < 4.78 is 0. The number of hydrogen-bond acceptors (Lipinski definition) is 6. The normalized spacial score (nSPS) is 15.2. The lowest BCUT2D eigenvalue weighted by Gasteiger charge is -2.26. The van der Waals surface area contributed by atoms with Crippen molar-refractivity contribution in [2.75, 3.05) is 13.1 Å². The molecule has 0 aliphatic heterocycles. The minimum atomic E-state index is -2.06. The topological polar surface area (TPSA) is 188 Å². The second-order valence-electron chi connectivity index (χ2n) is 4.57. The average molecular weight is 289 g/mol. The molecule has 2 amide bonds. The minimum Gasteiger partial charge on any atom is -0.480 e. The van der Waals surface area contributed by atoms with E-state index in [0.717, 1.165) is 0 Å². The largest absolute Gasteiger partial charge is 0.480 e. The lowest BCUT2D eigenvalue weighted by molar-refractivity contribution is -0.149. The smallest absolute Gasteiger partial charge is 0.331 e. The highest BCUT2D eigenvalue weighted by atomic mass is 16.4. The first-order valence-electron chi connectivity index (χ1n) is 6.31. The van der Waals surface area contributed by atoms with E-state index in [-0.39, 0.29) is 25.8 Å². The van der Waals surface area contributed by atoms with Crippen molar-refractivity contribution in [2.45, 2.75) is 37.3 Å². The van der Waals surface area contributed by atoms with Crippen LogP contribution in [0.15, 0.2) is 0 Å². The molecule has 1 unspecified atom stereocenters. The maximum absolute atomic E-state index is 12.1. The summed E-state index contributed by atoms with van der Waals surface area (Å²) in [6, 6.07) is -1.70. The quantitative estimate of drug-likeness (QED) is 0.195. The number of Topliss-reactive ketones (excluding diaryl/α,β-unsaturated/α-hetero) is 1. The molecule has 0 rings (SSSR count). The van der Waals surface area contributed by atoms with Crippen molar-refractivity contribution in [3.8, 4) is 0 Å². The first-order valence-corrected chi connectivity index (χ1v) is 6.31. The third kappa shape index (κ3) is 5.51. The van der Waals surface area contributed by atoms with Gasteiger partial charge in [0.1, 0.15) is 0 Å². The van der Waals surface area contributed by atoms with Crippen LogP contribution >= 0.6 is 0 Å². The van der Waals surface area contributed by atoms with E-state index in [9.17, 15) is 14.4 Å². The van der Waals surface area contributed by atoms with Gasteiger partial charge in [0.25, 0.3) is 0 Å². The molecule has 116 valence electrons. The van der Waals surface area contributed by atoms with Crippen LogP contribution in [0, 0.1) is 0 Å². The number of carboxylic acids is 1. The molecule has 0 aromatic carbocycles. The van der Waals surface area contributed by atoms with E-state index < -0.39 is 29.4 Å². The van der Waals surface area contributed by atoms with E-state index in [1.165, 1.54) is 0 Å². The van der Waals surface area contributed by atoms with E-state index in [4.69, 9.17) is 28.0 Å². The monoisotopic (exact) mass is 289 g/mol. The Bertz CT molecular complexity index is 363. The summed E-state index contributed by atoms with van der Waals surface area (Å²) in [6.45, 7) is 0.487. The fourth-order valence-electron chi connectivity index (χ4n) is 1.71. The molecule has 0 saturated carbocycles. The first kappa shape index (κ1) is 18.3. The zero-order valence-electron chi connectivity index (χ0n) is 11.3. The van der Waals surface area contributed by atoms with Crippen LogP contribution in [0.5, 0.6) is 0 Å². The Morgan fingerprint density at radius 3 is 2.30 bits per heavy atom. The highest BCUT2D eigenvalue weighted by Gasteiger charge is 2.43. The van der Waals surface area contributed by atoms with Crippen LogP contribution < -0.4 is 28.3 Å². The number of primary amides is 1. The number of carbonyl (C=O) groups is 3. The molecule has 9 nitrogen and oxygen atoms in total. The highest BCUT2D eigenvalue weighted by molar-refractivity contribution is 6.09. The molecule has 0 aliphatic carbocycles. The minimum absolute atomic E-state index is 0.132. The SMILES string of the molecule is NCCCC(N)C(=O)[C@](N)(CCCNC(N)=O)C(=O)O. The molecule has 0 aromatic heterocycles. The maximum atomic E-state index is 12.1. The van der Waals surface area contributed by atoms with Gasteiger partial charge in [0.15, 0.2) is 11.3 Å². The molecule has 10 N–H and O–H groups in total. The zero-order chi connectivity index (χ0) is 15.8. The van der Waals surface area contributed by atoms with Crippen LogP contribution in [0.25, 0.3) is 0 Å². The fourth-order valence-corrected chi connectivity index (χ4v) is 1.71. The van der Waals surface area contributed by atoms with Gasteiger partial charge in [0.05, 0.1) is 6.04 Å². The number of amides is 2. The third-order valence-corrected chi connectivity index (χ3v) is 2.92. The average Bonchev–Trinajstić information content (AvgIpc) is 2.39. The predicted octanol–water partition coefficient (Wildman–Crippen LogP) is -2.15. The molecule has 0 aromatic rings. The molecule has 0 spiro atoms. The molecule has 9 heteroatoms. The molecule has 0 bridgehead atoms. The van der Waals surface area contributed by atoms with Crippen LogP contribution in [-0.4, -0.2) is 47.6 Å². The summed E-state index contributed by atoms with van der Waals surface area (Å²) in [6.07, 6.45) is 0.839. The van der Waals surface area contributed by atoms with E-state index >= 15 is 0 Å². The van der Waals surface area contributed by atoms with Crippen LogP contribution in [-0.2, 0) is 9.59 Å². The third-order valence-electron chi connectivity index (χ3n) is 2.92. The van der Waals surface area contributed by atoms with Gasteiger partial charge in [0.2, 0.25) is 0 Å². The van der Waals surface area contributed by atoms with Crippen molar-refractivity contribution in [2.24, 2.45) is 22.9 Å². The van der Waals surface area contributed by atoms with Gasteiger partial charge in [-0.15, -0.1) is 0 Å². The maximum Gasteiger partial charge on any atom is 0.331 e. The van der Waals surface area contributed by atoms with E-state index in [0.29, 0.717) is 13.0 Å². The zero-order valence-corrected chi connectivity index (χ0v) is 11.3. The van der Waals surface area contributed by atoms with Gasteiger partial charge in [-0.25, -0.2) is 9.59 Å². The second kappa shape index (κ2) is 8.46. The summed E-state index contributed by atoms with van der Waals surface area (Å²) >= 11 is 0. The predicted molar refractivity (Wildman–Crippen MR) is 72.6 cm³/mol. The molecule has 20 heavy (non-hydrogen) atoms. The van der Waals surface area contributed by atoms with Gasteiger partial charge in [-0.3, -0.25) is 4.79 Å². The van der Waals surface area contributed by atoms with Crippen molar-refractivity contribution in [1.29, 1.82) is 0 Å². The van der Waals surface area contributed by atoms with Crippen LogP contribution in [0.2, 0.25) is 0 Å². The van der Waals surface area contributed by atoms with Crippen LogP contribution in [0.4, 0.5) is 4.79 Å². The Kier molecular flexibility index (Phi) is 7.74. The van der Waals surface area contributed by atoms with Crippen molar-refractivity contribution in [3.63, 3.8) is 0 Å². The van der Waals surface area contributed by atoms with Crippen LogP contribution in [0.1, 0.15) is 25.7 Å². The Hall–Kier alpha value is -1.71. The van der Waals surface area contributed by atoms with Crippen LogP contribution in [0.3, 0.4) is 0 Å². The standard InChI is InChI=1S/C11H23N5O4/c12-5-1-3-7(13)8(17)11(15,9(18)19)4-2-6-16-10(14)20/h7H,1-6,12-13,15H2,(H,18,19)(H3,14,16,20)/t7?,11-/m1/s1. The van der Waals surface area contributed by atoms with Gasteiger partial charge in [-0.1, -0.05) is 0 Å². The Morgan fingerprint density at radius 2 is 1.85 bits per heavy atom. The summed E-state index contributed by atoms with van der Waals surface area (Å²) in [4.78, 5) is 33.8. The number of hydrogen-bond donors (Lipinski definition) is 6. The fraction of sp³-hybridized carbons (Fsp3) is 0.727. The van der Waals surface area contributed by atoms with E-state index in [1.54, 1.807) is 0 Å². The van der Waals surface area contributed by atoms with Crippen molar-refractivity contribution in [1.82, 2.24) is 5.32 Å².